The Morgan fingerprint density at radius 1 is 1.12 bits per heavy atom. The van der Waals surface area contributed by atoms with Crippen LogP contribution in [0.1, 0.15) is 37.6 Å². The second kappa shape index (κ2) is 7.95. The molecule has 0 spiro atoms. The first-order chi connectivity index (χ1) is 11.3. The summed E-state index contributed by atoms with van der Waals surface area (Å²) < 4.78 is 5.12. The van der Waals surface area contributed by atoms with Gasteiger partial charge in [0.15, 0.2) is 6.61 Å². The number of nitrogens with zero attached hydrogens (tertiary/aromatic N) is 1. The molecule has 1 N–H and O–H groups in total. The highest BCUT2D eigenvalue weighted by atomic mass is 16.5. The lowest BCUT2D eigenvalue weighted by atomic mass is 9.92. The Kier molecular flexibility index (Phi) is 5.95. The maximum atomic E-state index is 12.2. The molecule has 0 aromatic heterocycles. The number of benzene rings is 1. The van der Waals surface area contributed by atoms with Crippen molar-refractivity contribution in [1.29, 1.82) is 0 Å². The number of rotatable bonds is 4. The minimum atomic E-state index is -0.546. The molecule has 1 aliphatic heterocycles. The van der Waals surface area contributed by atoms with Crippen molar-refractivity contribution in [3.8, 4) is 0 Å². The fourth-order valence-corrected chi connectivity index (χ4v) is 3.06. The highest BCUT2D eigenvalue weighted by molar-refractivity contribution is 5.93. The van der Waals surface area contributed by atoms with E-state index >= 15 is 0 Å². The third-order valence-corrected chi connectivity index (χ3v) is 3.99. The number of hydrogen-bond acceptors (Lipinski definition) is 4. The van der Waals surface area contributed by atoms with Gasteiger partial charge in [-0.2, -0.15) is 0 Å². The van der Waals surface area contributed by atoms with Gasteiger partial charge in [-0.3, -0.25) is 9.59 Å². The van der Waals surface area contributed by atoms with E-state index in [-0.39, 0.29) is 18.4 Å². The van der Waals surface area contributed by atoms with Crippen LogP contribution in [-0.4, -0.2) is 42.4 Å². The molecule has 0 radical (unpaired) electrons. The van der Waals surface area contributed by atoms with Crippen LogP contribution < -0.4 is 5.32 Å². The lowest BCUT2D eigenvalue weighted by Gasteiger charge is -2.34. The third-order valence-electron chi connectivity index (χ3n) is 3.99. The molecular formula is C18H24N2O4. The maximum Gasteiger partial charge on any atom is 0.338 e. The van der Waals surface area contributed by atoms with Crippen LogP contribution in [0.5, 0.6) is 0 Å². The van der Waals surface area contributed by atoms with Crippen molar-refractivity contribution < 1.29 is 19.1 Å². The molecule has 2 atom stereocenters. The molecule has 0 unspecified atom stereocenters. The Labute approximate surface area is 142 Å². The average Bonchev–Trinajstić information content (AvgIpc) is 2.51. The van der Waals surface area contributed by atoms with Crippen LogP contribution in [0.3, 0.4) is 0 Å². The fraction of sp³-hybridized carbons (Fsp3) is 0.500. The van der Waals surface area contributed by atoms with E-state index in [9.17, 15) is 14.4 Å². The molecule has 0 saturated carbocycles. The number of esters is 1. The highest BCUT2D eigenvalue weighted by Crippen LogP contribution is 2.21. The summed E-state index contributed by atoms with van der Waals surface area (Å²) >= 11 is 0. The third kappa shape index (κ3) is 5.08. The van der Waals surface area contributed by atoms with Gasteiger partial charge in [0.25, 0.3) is 5.91 Å². The van der Waals surface area contributed by atoms with Gasteiger partial charge in [0, 0.05) is 25.7 Å². The molecule has 1 aromatic carbocycles. The Bertz CT molecular complexity index is 602. The van der Waals surface area contributed by atoms with Crippen LogP contribution in [0.15, 0.2) is 24.3 Å². The number of hydrogen-bond donors (Lipinski definition) is 1. The zero-order valence-electron chi connectivity index (χ0n) is 14.4. The molecule has 6 heteroatoms. The summed E-state index contributed by atoms with van der Waals surface area (Å²) in [7, 11) is 0. The minimum Gasteiger partial charge on any atom is -0.452 e. The van der Waals surface area contributed by atoms with Crippen LogP contribution in [0.25, 0.3) is 0 Å². The lowest BCUT2D eigenvalue weighted by molar-refractivity contribution is -0.137. The Hall–Kier alpha value is -2.37. The van der Waals surface area contributed by atoms with E-state index in [0.29, 0.717) is 36.2 Å². The number of nitrogens with one attached hydrogen (secondary N) is 1. The summed E-state index contributed by atoms with van der Waals surface area (Å²) in [5, 5.41) is 2.62. The van der Waals surface area contributed by atoms with Crippen LogP contribution in [-0.2, 0) is 14.3 Å². The minimum absolute atomic E-state index is 0.156. The molecule has 1 heterocycles. The van der Waals surface area contributed by atoms with E-state index in [1.807, 2.05) is 0 Å². The molecular weight excluding hydrogens is 308 g/mol. The highest BCUT2D eigenvalue weighted by Gasteiger charge is 2.26. The number of anilines is 1. The number of ether oxygens (including phenoxy) is 1. The molecule has 1 fully saturated rings. The standard InChI is InChI=1S/C18H24N2O4/c1-12-8-13(2)10-20(9-12)17(22)11-24-18(23)15-4-6-16(7-5-15)19-14(3)21/h4-7,12-13H,8-11H2,1-3H3,(H,19,21)/t12-,13-/m0/s1. The fourth-order valence-electron chi connectivity index (χ4n) is 3.06. The smallest absolute Gasteiger partial charge is 0.338 e. The van der Waals surface area contributed by atoms with Crippen LogP contribution in [0.2, 0.25) is 0 Å². The topological polar surface area (TPSA) is 75.7 Å². The molecule has 1 aromatic rings. The van der Waals surface area contributed by atoms with Gasteiger partial charge in [-0.25, -0.2) is 4.79 Å². The molecule has 0 aliphatic carbocycles. The largest absolute Gasteiger partial charge is 0.452 e. The number of likely N-dealkylation sites (tertiary alicyclic amines) is 1. The van der Waals surface area contributed by atoms with E-state index in [0.717, 1.165) is 6.42 Å². The predicted molar refractivity (Wildman–Crippen MR) is 90.6 cm³/mol. The van der Waals surface area contributed by atoms with E-state index in [1.165, 1.54) is 6.92 Å². The van der Waals surface area contributed by atoms with Gasteiger partial charge in [0.2, 0.25) is 5.91 Å². The van der Waals surface area contributed by atoms with Gasteiger partial charge in [-0.05, 0) is 42.5 Å². The average molecular weight is 332 g/mol. The Morgan fingerprint density at radius 2 is 1.71 bits per heavy atom. The molecule has 1 aliphatic rings. The molecule has 2 amide bonds. The van der Waals surface area contributed by atoms with Crippen molar-refractivity contribution in [3.63, 3.8) is 0 Å². The first-order valence-corrected chi connectivity index (χ1v) is 8.17. The molecule has 6 nitrogen and oxygen atoms in total. The monoisotopic (exact) mass is 332 g/mol. The number of carbonyl (C=O) groups is 3. The molecule has 24 heavy (non-hydrogen) atoms. The van der Waals surface area contributed by atoms with Gasteiger partial charge in [-0.15, -0.1) is 0 Å². The van der Waals surface area contributed by atoms with Crippen molar-refractivity contribution in [2.24, 2.45) is 11.8 Å². The van der Waals surface area contributed by atoms with Crippen molar-refractivity contribution in [2.75, 3.05) is 25.0 Å². The summed E-state index contributed by atoms with van der Waals surface area (Å²) in [4.78, 5) is 36.9. The van der Waals surface area contributed by atoms with Gasteiger partial charge in [-0.1, -0.05) is 13.8 Å². The molecule has 2 rings (SSSR count). The first kappa shape index (κ1) is 18.0. The lowest BCUT2D eigenvalue weighted by Crippen LogP contribution is -2.44. The second-order valence-electron chi connectivity index (χ2n) is 6.58. The van der Waals surface area contributed by atoms with Crippen LogP contribution >= 0.6 is 0 Å². The molecule has 130 valence electrons. The summed E-state index contributed by atoms with van der Waals surface area (Å²) in [5.74, 6) is 0.0535. The second-order valence-corrected chi connectivity index (χ2v) is 6.58. The Morgan fingerprint density at radius 3 is 2.25 bits per heavy atom. The van der Waals surface area contributed by atoms with E-state index in [4.69, 9.17) is 4.74 Å². The van der Waals surface area contributed by atoms with Crippen LogP contribution in [0.4, 0.5) is 5.69 Å². The van der Waals surface area contributed by atoms with E-state index in [2.05, 4.69) is 19.2 Å². The molecule has 0 bridgehead atoms. The van der Waals surface area contributed by atoms with Crippen molar-refractivity contribution >= 4 is 23.5 Å². The summed E-state index contributed by atoms with van der Waals surface area (Å²) in [6.45, 7) is 6.84. The summed E-state index contributed by atoms with van der Waals surface area (Å²) in [6.07, 6.45) is 1.12. The van der Waals surface area contributed by atoms with Gasteiger partial charge in [0.1, 0.15) is 0 Å². The van der Waals surface area contributed by atoms with Gasteiger partial charge in [0.05, 0.1) is 5.56 Å². The van der Waals surface area contributed by atoms with E-state index < -0.39 is 5.97 Å². The Balaban J connectivity index is 1.86. The van der Waals surface area contributed by atoms with Gasteiger partial charge >= 0.3 is 5.97 Å². The number of carbonyl (C=O) groups excluding carboxylic acids is 3. The summed E-state index contributed by atoms with van der Waals surface area (Å²) in [5.41, 5.74) is 0.948. The predicted octanol–water partition coefficient (Wildman–Crippen LogP) is 2.31. The number of amides is 2. The van der Waals surface area contributed by atoms with E-state index in [1.54, 1.807) is 29.2 Å². The van der Waals surface area contributed by atoms with Crippen molar-refractivity contribution in [2.45, 2.75) is 27.2 Å². The number of piperidine rings is 1. The first-order valence-electron chi connectivity index (χ1n) is 8.17. The zero-order valence-corrected chi connectivity index (χ0v) is 14.4. The van der Waals surface area contributed by atoms with Crippen molar-refractivity contribution in [3.05, 3.63) is 29.8 Å². The zero-order chi connectivity index (χ0) is 17.7. The molecule has 1 saturated heterocycles. The SMILES string of the molecule is CC(=O)Nc1ccc(C(=O)OCC(=O)N2C[C@@H](C)C[C@H](C)C2)cc1. The normalized spacial score (nSPS) is 20.4. The quantitative estimate of drug-likeness (QED) is 0.859. The van der Waals surface area contributed by atoms with Crippen molar-refractivity contribution in [1.82, 2.24) is 4.90 Å². The maximum absolute atomic E-state index is 12.2. The van der Waals surface area contributed by atoms with Gasteiger partial charge < -0.3 is 15.0 Å². The van der Waals surface area contributed by atoms with Crippen LogP contribution in [0, 0.1) is 11.8 Å². The summed E-state index contributed by atoms with van der Waals surface area (Å²) in [6, 6.07) is 6.36.